The van der Waals surface area contributed by atoms with Crippen LogP contribution in [-0.2, 0) is 0 Å². The zero-order chi connectivity index (χ0) is 8.10. The lowest BCUT2D eigenvalue weighted by atomic mass is 9.93. The Morgan fingerprint density at radius 1 is 1.36 bits per heavy atom. The molecule has 2 heteroatoms. The van der Waals surface area contributed by atoms with Crippen LogP contribution in [-0.4, -0.2) is 29.7 Å². The van der Waals surface area contributed by atoms with E-state index in [0.29, 0.717) is 6.61 Å². The second-order valence-electron chi connectivity index (χ2n) is 3.43. The molecule has 1 fully saturated rings. The molecule has 1 saturated heterocycles. The molecule has 11 heavy (non-hydrogen) atoms. The molecule has 0 aromatic carbocycles. The van der Waals surface area contributed by atoms with Gasteiger partial charge in [0.15, 0.2) is 0 Å². The Bertz CT molecular complexity index is 95.0. The molecule has 1 aliphatic heterocycles. The van der Waals surface area contributed by atoms with E-state index < -0.39 is 0 Å². The predicted molar refractivity (Wildman–Crippen MR) is 46.0 cm³/mol. The van der Waals surface area contributed by atoms with Gasteiger partial charge in [-0.25, -0.2) is 0 Å². The molecule has 1 aliphatic rings. The molecule has 0 radical (unpaired) electrons. The predicted octanol–water partition coefficient (Wildman–Crippen LogP) is 1.26. The first kappa shape index (κ1) is 9.01. The highest BCUT2D eigenvalue weighted by Crippen LogP contribution is 2.20. The van der Waals surface area contributed by atoms with Gasteiger partial charge >= 0.3 is 0 Å². The molecule has 2 nitrogen and oxygen atoms in total. The SMILES string of the molecule is [CH2-]N1CCC(CCCO)CC1. The molecule has 1 heterocycles. The number of aliphatic hydroxyl groups is 1. The van der Waals surface area contributed by atoms with Crippen molar-refractivity contribution in [3.8, 4) is 0 Å². The van der Waals surface area contributed by atoms with Crippen LogP contribution in [0.25, 0.3) is 0 Å². The van der Waals surface area contributed by atoms with Gasteiger partial charge in [-0.3, -0.25) is 7.05 Å². The van der Waals surface area contributed by atoms with Gasteiger partial charge in [0.1, 0.15) is 0 Å². The Hall–Kier alpha value is -0.0800. The highest BCUT2D eigenvalue weighted by atomic mass is 16.2. The van der Waals surface area contributed by atoms with Gasteiger partial charge in [0.05, 0.1) is 0 Å². The van der Waals surface area contributed by atoms with Crippen LogP contribution in [0.1, 0.15) is 25.7 Å². The summed E-state index contributed by atoms with van der Waals surface area (Å²) in [6.45, 7) is 2.62. The highest BCUT2D eigenvalue weighted by molar-refractivity contribution is 4.71. The zero-order valence-electron chi connectivity index (χ0n) is 7.13. The van der Waals surface area contributed by atoms with Crippen molar-refractivity contribution in [3.05, 3.63) is 7.05 Å². The van der Waals surface area contributed by atoms with Crippen LogP contribution in [0, 0.1) is 13.0 Å². The van der Waals surface area contributed by atoms with Crippen molar-refractivity contribution in [2.75, 3.05) is 19.7 Å². The van der Waals surface area contributed by atoms with E-state index in [1.807, 2.05) is 0 Å². The number of aliphatic hydroxyl groups excluding tert-OH is 1. The summed E-state index contributed by atoms with van der Waals surface area (Å²) < 4.78 is 0. The number of piperidine rings is 1. The topological polar surface area (TPSA) is 23.5 Å². The average Bonchev–Trinajstić information content (AvgIpc) is 2.04. The monoisotopic (exact) mass is 156 g/mol. The average molecular weight is 156 g/mol. The molecule has 0 aromatic rings. The number of hydrogen-bond acceptors (Lipinski definition) is 2. The van der Waals surface area contributed by atoms with Crippen molar-refractivity contribution in [2.24, 2.45) is 5.92 Å². The summed E-state index contributed by atoms with van der Waals surface area (Å²) in [6.07, 6.45) is 4.71. The van der Waals surface area contributed by atoms with Crippen LogP contribution in [0.5, 0.6) is 0 Å². The maximum absolute atomic E-state index is 8.63. The lowest BCUT2D eigenvalue weighted by Crippen LogP contribution is -2.28. The lowest BCUT2D eigenvalue weighted by molar-refractivity contribution is 0.210. The maximum atomic E-state index is 8.63. The minimum Gasteiger partial charge on any atom is -0.459 e. The second-order valence-corrected chi connectivity index (χ2v) is 3.43. The molecule has 0 saturated carbocycles. The van der Waals surface area contributed by atoms with E-state index >= 15 is 0 Å². The third kappa shape index (κ3) is 3.21. The Morgan fingerprint density at radius 3 is 2.55 bits per heavy atom. The van der Waals surface area contributed by atoms with Gasteiger partial charge in [0.25, 0.3) is 0 Å². The van der Waals surface area contributed by atoms with Gasteiger partial charge < -0.3 is 10.0 Å². The third-order valence-electron chi connectivity index (χ3n) is 2.48. The number of rotatable bonds is 3. The molecule has 0 amide bonds. The van der Waals surface area contributed by atoms with Gasteiger partial charge in [0, 0.05) is 6.61 Å². The Morgan fingerprint density at radius 2 is 2.00 bits per heavy atom. The van der Waals surface area contributed by atoms with Crippen LogP contribution in [0.4, 0.5) is 0 Å². The minimum absolute atomic E-state index is 0.352. The van der Waals surface area contributed by atoms with Crippen molar-refractivity contribution in [1.82, 2.24) is 4.90 Å². The summed E-state index contributed by atoms with van der Waals surface area (Å²) in [7, 11) is 3.90. The number of nitrogens with zero attached hydrogens (tertiary/aromatic N) is 1. The summed E-state index contributed by atoms with van der Waals surface area (Å²) >= 11 is 0. The fourth-order valence-corrected chi connectivity index (χ4v) is 1.66. The molecule has 0 spiro atoms. The Labute approximate surface area is 69.2 Å². The molecule has 1 N–H and O–H groups in total. The van der Waals surface area contributed by atoms with E-state index in [1.165, 1.54) is 19.3 Å². The second kappa shape index (κ2) is 4.73. The van der Waals surface area contributed by atoms with Crippen molar-refractivity contribution >= 4 is 0 Å². The van der Waals surface area contributed by atoms with E-state index in [9.17, 15) is 0 Å². The summed E-state index contributed by atoms with van der Waals surface area (Å²) in [6, 6.07) is 0. The van der Waals surface area contributed by atoms with Gasteiger partial charge in [-0.15, -0.1) is 0 Å². The Kier molecular flexibility index (Phi) is 3.87. The maximum Gasteiger partial charge on any atom is 0.0431 e. The van der Waals surface area contributed by atoms with E-state index in [0.717, 1.165) is 25.4 Å². The van der Waals surface area contributed by atoms with Crippen LogP contribution >= 0.6 is 0 Å². The number of hydrogen-bond donors (Lipinski definition) is 1. The molecular formula is C9H18NO-. The first-order valence-electron chi connectivity index (χ1n) is 4.49. The summed E-state index contributed by atoms with van der Waals surface area (Å²) in [5.74, 6) is 0.847. The first-order valence-corrected chi connectivity index (χ1v) is 4.49. The van der Waals surface area contributed by atoms with Crippen molar-refractivity contribution in [2.45, 2.75) is 25.7 Å². The van der Waals surface area contributed by atoms with E-state index in [2.05, 4.69) is 11.9 Å². The fourth-order valence-electron chi connectivity index (χ4n) is 1.66. The van der Waals surface area contributed by atoms with Crippen LogP contribution in [0.15, 0.2) is 0 Å². The standard InChI is InChI=1S/C9H18NO/c1-10-6-4-9(5-7-10)3-2-8-11/h9,11H,1-8H2/q-1. The van der Waals surface area contributed by atoms with Gasteiger partial charge in [-0.05, 0) is 44.7 Å². The van der Waals surface area contributed by atoms with Crippen LogP contribution in [0.3, 0.4) is 0 Å². The van der Waals surface area contributed by atoms with Crippen molar-refractivity contribution < 1.29 is 5.11 Å². The molecule has 0 aromatic heterocycles. The zero-order valence-corrected chi connectivity index (χ0v) is 7.13. The molecule has 66 valence electrons. The lowest BCUT2D eigenvalue weighted by Gasteiger charge is -2.34. The molecular weight excluding hydrogens is 138 g/mol. The normalized spacial score (nSPS) is 22.4. The van der Waals surface area contributed by atoms with Crippen molar-refractivity contribution in [1.29, 1.82) is 0 Å². The number of likely N-dealkylation sites (tertiary alicyclic amines) is 1. The van der Waals surface area contributed by atoms with Gasteiger partial charge in [0.2, 0.25) is 0 Å². The van der Waals surface area contributed by atoms with E-state index in [-0.39, 0.29) is 0 Å². The smallest absolute Gasteiger partial charge is 0.0431 e. The Balaban J connectivity index is 2.07. The summed E-state index contributed by atoms with van der Waals surface area (Å²) in [5, 5.41) is 8.63. The van der Waals surface area contributed by atoms with Crippen LogP contribution in [0.2, 0.25) is 0 Å². The largest absolute Gasteiger partial charge is 0.459 e. The molecule has 0 bridgehead atoms. The van der Waals surface area contributed by atoms with Gasteiger partial charge in [-0.2, -0.15) is 0 Å². The molecule has 0 unspecified atom stereocenters. The van der Waals surface area contributed by atoms with E-state index in [1.54, 1.807) is 0 Å². The molecule has 0 atom stereocenters. The fraction of sp³-hybridized carbons (Fsp3) is 0.889. The quantitative estimate of drug-likeness (QED) is 0.622. The van der Waals surface area contributed by atoms with E-state index in [4.69, 9.17) is 5.11 Å². The molecule has 1 rings (SSSR count). The van der Waals surface area contributed by atoms with Gasteiger partial charge in [-0.1, -0.05) is 0 Å². The summed E-state index contributed by atoms with van der Waals surface area (Å²) in [5.41, 5.74) is 0. The highest BCUT2D eigenvalue weighted by Gasteiger charge is 2.12. The summed E-state index contributed by atoms with van der Waals surface area (Å²) in [4.78, 5) is 2.13. The van der Waals surface area contributed by atoms with Crippen LogP contribution < -0.4 is 0 Å². The van der Waals surface area contributed by atoms with Crippen molar-refractivity contribution in [3.63, 3.8) is 0 Å². The third-order valence-corrected chi connectivity index (χ3v) is 2.48. The first-order chi connectivity index (χ1) is 5.33. The molecule has 0 aliphatic carbocycles. The minimum atomic E-state index is 0.352.